The molecule has 178 valence electrons. The van der Waals surface area contributed by atoms with Gasteiger partial charge in [-0.15, -0.1) is 0 Å². The topological polar surface area (TPSA) is 197 Å². The highest BCUT2D eigenvalue weighted by Gasteiger charge is 2.18. The molecule has 10 heteroatoms. The Morgan fingerprint density at radius 1 is 0.600 bits per heavy atom. The summed E-state index contributed by atoms with van der Waals surface area (Å²) in [6.07, 6.45) is 15.0. The van der Waals surface area contributed by atoms with Crippen molar-refractivity contribution in [1.82, 2.24) is 10.0 Å². The van der Waals surface area contributed by atoms with E-state index in [4.69, 9.17) is 34.6 Å². The molecule has 2 atom stereocenters. The second-order valence-electron chi connectivity index (χ2n) is 8.11. The molecule has 0 saturated carbocycles. The molecule has 0 fully saturated rings. The lowest BCUT2D eigenvalue weighted by Crippen LogP contribution is -2.52. The Morgan fingerprint density at radius 3 is 1.37 bits per heavy atom. The van der Waals surface area contributed by atoms with Crippen LogP contribution in [0.5, 0.6) is 0 Å². The van der Waals surface area contributed by atoms with Crippen LogP contribution in [0.25, 0.3) is 0 Å². The lowest BCUT2D eigenvalue weighted by Gasteiger charge is -2.26. The van der Waals surface area contributed by atoms with Crippen LogP contribution in [0.3, 0.4) is 0 Å². The number of hydrogen-bond acceptors (Lipinski definition) is 6. The van der Waals surface area contributed by atoms with E-state index >= 15 is 0 Å². The van der Waals surface area contributed by atoms with Crippen molar-refractivity contribution < 1.29 is 9.59 Å². The normalized spacial score (nSPS) is 13.1. The van der Waals surface area contributed by atoms with E-state index < -0.39 is 18.2 Å². The first-order valence-corrected chi connectivity index (χ1v) is 11.4. The second kappa shape index (κ2) is 18.2. The van der Waals surface area contributed by atoms with E-state index in [2.05, 4.69) is 0 Å². The Balaban J connectivity index is 3.78. The van der Waals surface area contributed by atoms with Crippen molar-refractivity contribution in [3.8, 4) is 0 Å². The number of amides is 4. The summed E-state index contributed by atoms with van der Waals surface area (Å²) in [7, 11) is 0. The minimum absolute atomic E-state index is 0.0205. The summed E-state index contributed by atoms with van der Waals surface area (Å²) >= 11 is 0. The van der Waals surface area contributed by atoms with Gasteiger partial charge in [-0.1, -0.05) is 70.6 Å². The van der Waals surface area contributed by atoms with Crippen molar-refractivity contribution in [1.29, 1.82) is 0 Å². The van der Waals surface area contributed by atoms with E-state index in [1.807, 2.05) is 0 Å². The van der Waals surface area contributed by atoms with Gasteiger partial charge < -0.3 is 22.9 Å². The van der Waals surface area contributed by atoms with Gasteiger partial charge in [-0.05, 0) is 32.2 Å². The third-order valence-electron chi connectivity index (χ3n) is 5.54. The fourth-order valence-corrected chi connectivity index (χ4v) is 3.58. The first-order chi connectivity index (χ1) is 14.3. The molecule has 0 aromatic heterocycles. The molecule has 0 bridgehead atoms. The number of nitrogens with zero attached hydrogens (tertiary/aromatic N) is 2. The maximum atomic E-state index is 11.4. The highest BCUT2D eigenvalue weighted by atomic mass is 16.2. The van der Waals surface area contributed by atoms with E-state index in [1.54, 1.807) is 0 Å². The molecule has 2 unspecified atom stereocenters. The van der Waals surface area contributed by atoms with Crippen LogP contribution < -0.4 is 34.6 Å². The Morgan fingerprint density at radius 2 is 0.967 bits per heavy atom. The van der Waals surface area contributed by atoms with Crippen LogP contribution in [0.15, 0.2) is 0 Å². The number of nitrogens with two attached hydrogens (primary N) is 6. The van der Waals surface area contributed by atoms with Crippen molar-refractivity contribution in [3.05, 3.63) is 0 Å². The fourth-order valence-electron chi connectivity index (χ4n) is 3.58. The zero-order valence-corrected chi connectivity index (χ0v) is 18.6. The summed E-state index contributed by atoms with van der Waals surface area (Å²) in [4.78, 5) is 22.3. The van der Waals surface area contributed by atoms with Crippen LogP contribution in [-0.4, -0.2) is 40.8 Å². The highest BCUT2D eigenvalue weighted by molar-refractivity contribution is 5.71. The molecule has 0 heterocycles. The second-order valence-corrected chi connectivity index (χ2v) is 8.11. The third kappa shape index (κ3) is 14.4. The van der Waals surface area contributed by atoms with Gasteiger partial charge in [0.2, 0.25) is 0 Å². The summed E-state index contributed by atoms with van der Waals surface area (Å²) in [5, 5.41) is 2.09. The number of primary amides is 2. The molecular formula is C20H46N8O2. The largest absolute Gasteiger partial charge is 0.350 e. The summed E-state index contributed by atoms with van der Waals surface area (Å²) in [5.74, 6) is 11.3. The van der Waals surface area contributed by atoms with E-state index in [0.717, 1.165) is 82.2 Å². The number of urea groups is 2. The monoisotopic (exact) mass is 430 g/mol. The predicted octanol–water partition coefficient (Wildman–Crippen LogP) is 1.96. The van der Waals surface area contributed by atoms with Crippen LogP contribution in [0.1, 0.15) is 96.3 Å². The Bertz CT molecular complexity index is 453. The number of hydrazine groups is 2. The number of carbonyl (C=O) groups is 2. The molecule has 10 nitrogen and oxygen atoms in total. The van der Waals surface area contributed by atoms with E-state index in [1.165, 1.54) is 24.3 Å². The number of unbranched alkanes of at least 4 members (excludes halogenated alkanes) is 10. The Kier molecular flexibility index (Phi) is 17.2. The van der Waals surface area contributed by atoms with Gasteiger partial charge in [0.15, 0.2) is 0 Å². The van der Waals surface area contributed by atoms with Crippen LogP contribution in [-0.2, 0) is 0 Å². The summed E-state index contributed by atoms with van der Waals surface area (Å²) in [6, 6.07) is -1.24. The molecule has 0 aromatic rings. The van der Waals surface area contributed by atoms with Crippen molar-refractivity contribution >= 4 is 12.1 Å². The quantitative estimate of drug-likeness (QED) is 0.0595. The first kappa shape index (κ1) is 28.4. The van der Waals surface area contributed by atoms with E-state index in [-0.39, 0.29) is 6.04 Å². The lowest BCUT2D eigenvalue weighted by atomic mass is 9.99. The van der Waals surface area contributed by atoms with Gasteiger partial charge in [0, 0.05) is 6.04 Å². The smallest absolute Gasteiger partial charge is 0.330 e. The van der Waals surface area contributed by atoms with Gasteiger partial charge in [-0.3, -0.25) is 5.01 Å². The first-order valence-electron chi connectivity index (χ1n) is 11.4. The third-order valence-corrected chi connectivity index (χ3v) is 5.54. The number of rotatable bonds is 19. The Hall–Kier alpha value is -1.62. The maximum Gasteiger partial charge on any atom is 0.330 e. The molecule has 30 heavy (non-hydrogen) atoms. The summed E-state index contributed by atoms with van der Waals surface area (Å²) in [5.41, 5.74) is 21.7. The molecule has 0 aliphatic carbocycles. The van der Waals surface area contributed by atoms with Gasteiger partial charge in [0.05, 0.1) is 6.17 Å². The number of carbonyl (C=O) groups excluding carboxylic acids is 2. The maximum absolute atomic E-state index is 11.4. The average molecular weight is 431 g/mol. The highest BCUT2D eigenvalue weighted by Crippen LogP contribution is 2.17. The molecule has 0 aliphatic rings. The van der Waals surface area contributed by atoms with Crippen LogP contribution >= 0.6 is 0 Å². The average Bonchev–Trinajstić information content (AvgIpc) is 2.71. The van der Waals surface area contributed by atoms with Gasteiger partial charge in [-0.2, -0.15) is 0 Å². The van der Waals surface area contributed by atoms with E-state index in [9.17, 15) is 9.59 Å². The number of hydrogen-bond donors (Lipinski definition) is 6. The van der Waals surface area contributed by atoms with Crippen LogP contribution in [0.4, 0.5) is 9.59 Å². The molecule has 0 spiro atoms. The van der Waals surface area contributed by atoms with Crippen molar-refractivity contribution in [2.24, 2.45) is 34.6 Å². The van der Waals surface area contributed by atoms with Gasteiger partial charge in [-0.25, -0.2) is 26.3 Å². The standard InChI is InChI=1S/C20H46N8O2/c21-16-12-8-7-10-14-17(27(25)19(23)29)13-9-5-3-1-2-4-6-11-15-18(22)28(26)20(24)30/h17-18H,1-16,21-22,25-26H2,(H2,23,29)(H2,24,30). The molecule has 0 aliphatic heterocycles. The van der Waals surface area contributed by atoms with Gasteiger partial charge >= 0.3 is 12.1 Å². The van der Waals surface area contributed by atoms with Crippen molar-refractivity contribution in [2.45, 2.75) is 109 Å². The minimum Gasteiger partial charge on any atom is -0.350 e. The van der Waals surface area contributed by atoms with E-state index in [0.29, 0.717) is 6.42 Å². The van der Waals surface area contributed by atoms with Gasteiger partial charge in [0.25, 0.3) is 0 Å². The summed E-state index contributed by atoms with van der Waals surface area (Å²) in [6.45, 7) is 0.725. The molecule has 0 aromatic carbocycles. The zero-order chi connectivity index (χ0) is 22.8. The van der Waals surface area contributed by atoms with Crippen molar-refractivity contribution in [3.63, 3.8) is 0 Å². The molecular weight excluding hydrogens is 384 g/mol. The molecule has 4 amide bonds. The lowest BCUT2D eigenvalue weighted by molar-refractivity contribution is 0.173. The van der Waals surface area contributed by atoms with Crippen molar-refractivity contribution in [2.75, 3.05) is 6.54 Å². The van der Waals surface area contributed by atoms with Crippen LogP contribution in [0, 0.1) is 0 Å². The van der Waals surface area contributed by atoms with Crippen LogP contribution in [0.2, 0.25) is 0 Å². The molecule has 0 rings (SSSR count). The SMILES string of the molecule is NCCCCCCC(CCCCCCCCCCC(N)N(N)C(N)=O)N(N)C(N)=O. The summed E-state index contributed by atoms with van der Waals surface area (Å²) < 4.78 is 0. The molecule has 0 saturated heterocycles. The molecule has 12 N–H and O–H groups in total. The minimum atomic E-state index is -0.704. The Labute approximate surface area is 181 Å². The fraction of sp³-hybridized carbons (Fsp3) is 0.900. The molecule has 0 radical (unpaired) electrons. The van der Waals surface area contributed by atoms with Gasteiger partial charge in [0.1, 0.15) is 0 Å². The predicted molar refractivity (Wildman–Crippen MR) is 121 cm³/mol. The zero-order valence-electron chi connectivity index (χ0n) is 18.6.